The van der Waals surface area contributed by atoms with Crippen molar-refractivity contribution >= 4 is 11.5 Å². The van der Waals surface area contributed by atoms with Gasteiger partial charge in [0.25, 0.3) is 0 Å². The lowest BCUT2D eigenvalue weighted by Gasteiger charge is -2.29. The van der Waals surface area contributed by atoms with E-state index >= 15 is 0 Å². The molecule has 1 aromatic heterocycles. The smallest absolute Gasteiger partial charge is 0.333 e. The number of benzene rings is 1. The van der Waals surface area contributed by atoms with Crippen LogP contribution in [-0.4, -0.2) is 20.7 Å². The van der Waals surface area contributed by atoms with Gasteiger partial charge in [-0.1, -0.05) is 30.3 Å². The van der Waals surface area contributed by atoms with Gasteiger partial charge in [0.1, 0.15) is 5.69 Å². The van der Waals surface area contributed by atoms with E-state index in [2.05, 4.69) is 34.7 Å². The maximum Gasteiger partial charge on any atom is 0.333 e. The molecule has 1 saturated carbocycles. The molecule has 1 aromatic carbocycles. The largest absolute Gasteiger partial charge is 0.362 e. The molecule has 23 heavy (non-hydrogen) atoms. The van der Waals surface area contributed by atoms with Crippen molar-refractivity contribution in [3.8, 4) is 0 Å². The molecule has 0 radical (unpaired) electrons. The minimum atomic E-state index is -0.347. The van der Waals surface area contributed by atoms with Gasteiger partial charge in [0.15, 0.2) is 0 Å². The molecular formula is C17H22N4O2. The predicted octanol–water partition coefficient (Wildman–Crippen LogP) is 3.78. The SMILES string of the molecule is Cc1nn(C)c(NC2CCC(c3ccccc3)CC2)c1[N+](=O)[O-]. The average molecular weight is 314 g/mol. The average Bonchev–Trinajstić information content (AvgIpc) is 2.83. The van der Waals surface area contributed by atoms with Gasteiger partial charge < -0.3 is 5.32 Å². The normalized spacial score (nSPS) is 21.1. The molecule has 0 aliphatic heterocycles. The van der Waals surface area contributed by atoms with Crippen molar-refractivity contribution < 1.29 is 4.92 Å². The van der Waals surface area contributed by atoms with Crippen molar-refractivity contribution in [1.29, 1.82) is 0 Å². The van der Waals surface area contributed by atoms with Gasteiger partial charge in [-0.3, -0.25) is 10.1 Å². The number of nitrogens with zero attached hydrogens (tertiary/aromatic N) is 3. The molecule has 0 amide bonds. The Morgan fingerprint density at radius 2 is 1.87 bits per heavy atom. The first-order valence-electron chi connectivity index (χ1n) is 8.05. The summed E-state index contributed by atoms with van der Waals surface area (Å²) in [5, 5.41) is 18.8. The van der Waals surface area contributed by atoms with Crippen LogP contribution in [0, 0.1) is 17.0 Å². The first-order valence-corrected chi connectivity index (χ1v) is 8.05. The van der Waals surface area contributed by atoms with Crippen LogP contribution in [0.3, 0.4) is 0 Å². The molecule has 122 valence electrons. The summed E-state index contributed by atoms with van der Waals surface area (Å²) in [6.45, 7) is 1.68. The zero-order valence-electron chi connectivity index (χ0n) is 13.5. The fourth-order valence-electron chi connectivity index (χ4n) is 3.52. The molecule has 0 bridgehead atoms. The third-order valence-corrected chi connectivity index (χ3v) is 4.71. The van der Waals surface area contributed by atoms with Crippen molar-refractivity contribution in [2.75, 3.05) is 5.32 Å². The van der Waals surface area contributed by atoms with Gasteiger partial charge in [-0.2, -0.15) is 5.10 Å². The molecule has 6 nitrogen and oxygen atoms in total. The Hall–Kier alpha value is -2.37. The van der Waals surface area contributed by atoms with Gasteiger partial charge in [-0.15, -0.1) is 0 Å². The highest BCUT2D eigenvalue weighted by Crippen LogP contribution is 2.35. The summed E-state index contributed by atoms with van der Waals surface area (Å²) in [5.41, 5.74) is 1.95. The van der Waals surface area contributed by atoms with Crippen LogP contribution in [0.5, 0.6) is 0 Å². The second-order valence-electron chi connectivity index (χ2n) is 6.27. The van der Waals surface area contributed by atoms with Crippen LogP contribution in [-0.2, 0) is 7.05 Å². The van der Waals surface area contributed by atoms with Gasteiger partial charge in [0, 0.05) is 13.1 Å². The third-order valence-electron chi connectivity index (χ3n) is 4.71. The molecule has 1 aliphatic carbocycles. The molecule has 1 fully saturated rings. The van der Waals surface area contributed by atoms with E-state index in [0.717, 1.165) is 25.7 Å². The zero-order chi connectivity index (χ0) is 16.4. The molecule has 6 heteroatoms. The Morgan fingerprint density at radius 3 is 2.48 bits per heavy atom. The maximum atomic E-state index is 11.2. The second-order valence-corrected chi connectivity index (χ2v) is 6.27. The highest BCUT2D eigenvalue weighted by atomic mass is 16.6. The first kappa shape index (κ1) is 15.5. The summed E-state index contributed by atoms with van der Waals surface area (Å²) in [5.74, 6) is 1.12. The first-order chi connectivity index (χ1) is 11.1. The van der Waals surface area contributed by atoms with E-state index < -0.39 is 0 Å². The minimum absolute atomic E-state index is 0.0951. The Morgan fingerprint density at radius 1 is 1.22 bits per heavy atom. The molecule has 1 aliphatic rings. The van der Waals surface area contributed by atoms with Crippen LogP contribution in [0.1, 0.15) is 42.9 Å². The lowest BCUT2D eigenvalue weighted by atomic mass is 9.82. The van der Waals surface area contributed by atoms with E-state index in [1.807, 2.05) is 6.07 Å². The van der Waals surface area contributed by atoms with Gasteiger partial charge in [-0.05, 0) is 44.1 Å². The number of hydrogen-bond donors (Lipinski definition) is 1. The predicted molar refractivity (Wildman–Crippen MR) is 89.7 cm³/mol. The van der Waals surface area contributed by atoms with Crippen LogP contribution in [0.15, 0.2) is 30.3 Å². The third kappa shape index (κ3) is 3.21. The maximum absolute atomic E-state index is 11.2. The van der Waals surface area contributed by atoms with Crippen molar-refractivity contribution in [1.82, 2.24) is 9.78 Å². The molecule has 2 aromatic rings. The Labute approximate surface area is 135 Å². The van der Waals surface area contributed by atoms with Crippen LogP contribution in [0.4, 0.5) is 11.5 Å². The molecule has 0 saturated heterocycles. The number of hydrogen-bond acceptors (Lipinski definition) is 4. The van der Waals surface area contributed by atoms with E-state index in [4.69, 9.17) is 0 Å². The van der Waals surface area contributed by atoms with Crippen LogP contribution >= 0.6 is 0 Å². The van der Waals surface area contributed by atoms with Crippen LogP contribution in [0.2, 0.25) is 0 Å². The molecule has 1 N–H and O–H groups in total. The molecule has 0 atom stereocenters. The lowest BCUT2D eigenvalue weighted by molar-refractivity contribution is -0.384. The van der Waals surface area contributed by atoms with Gasteiger partial charge in [0.2, 0.25) is 5.82 Å². The highest BCUT2D eigenvalue weighted by molar-refractivity contribution is 5.59. The summed E-state index contributed by atoms with van der Waals surface area (Å²) < 4.78 is 1.58. The van der Waals surface area contributed by atoms with Gasteiger partial charge in [-0.25, -0.2) is 4.68 Å². The van der Waals surface area contributed by atoms with E-state index in [1.54, 1.807) is 18.7 Å². The molecule has 0 spiro atoms. The summed E-state index contributed by atoms with van der Waals surface area (Å²) in [7, 11) is 1.75. The van der Waals surface area contributed by atoms with Gasteiger partial charge in [0.05, 0.1) is 4.92 Å². The van der Waals surface area contributed by atoms with Crippen molar-refractivity contribution in [2.45, 2.75) is 44.6 Å². The van der Waals surface area contributed by atoms with Gasteiger partial charge >= 0.3 is 5.69 Å². The summed E-state index contributed by atoms with van der Waals surface area (Å²) in [6.07, 6.45) is 4.24. The van der Waals surface area contributed by atoms with E-state index in [0.29, 0.717) is 17.4 Å². The standard InChI is InChI=1S/C17H22N4O2/c1-12-16(21(22)23)17(20(2)19-12)18-15-10-8-14(9-11-15)13-6-4-3-5-7-13/h3-7,14-15,18H,8-11H2,1-2H3. The highest BCUT2D eigenvalue weighted by Gasteiger charge is 2.28. The molecule has 1 heterocycles. The minimum Gasteiger partial charge on any atom is -0.362 e. The summed E-state index contributed by atoms with van der Waals surface area (Å²) in [6, 6.07) is 10.9. The van der Waals surface area contributed by atoms with Crippen LogP contribution < -0.4 is 5.32 Å². The van der Waals surface area contributed by atoms with Crippen molar-refractivity contribution in [2.24, 2.45) is 7.05 Å². The number of rotatable bonds is 4. The summed E-state index contributed by atoms with van der Waals surface area (Å²) in [4.78, 5) is 10.9. The number of nitrogens with one attached hydrogen (secondary N) is 1. The second kappa shape index (κ2) is 6.40. The van der Waals surface area contributed by atoms with E-state index in [1.165, 1.54) is 5.56 Å². The number of aryl methyl sites for hydroxylation is 2. The zero-order valence-corrected chi connectivity index (χ0v) is 13.5. The quantitative estimate of drug-likeness (QED) is 0.688. The van der Waals surface area contributed by atoms with E-state index in [9.17, 15) is 10.1 Å². The molecule has 0 unspecified atom stereocenters. The molecule has 3 rings (SSSR count). The van der Waals surface area contributed by atoms with Crippen molar-refractivity contribution in [3.63, 3.8) is 0 Å². The van der Waals surface area contributed by atoms with E-state index in [-0.39, 0.29) is 16.7 Å². The monoisotopic (exact) mass is 314 g/mol. The topological polar surface area (TPSA) is 73.0 Å². The fraction of sp³-hybridized carbons (Fsp3) is 0.471. The summed E-state index contributed by atoms with van der Waals surface area (Å²) >= 11 is 0. The molecular weight excluding hydrogens is 292 g/mol. The Bertz CT molecular complexity index is 688. The Balaban J connectivity index is 1.67. The Kier molecular flexibility index (Phi) is 4.32. The van der Waals surface area contributed by atoms with Crippen LogP contribution in [0.25, 0.3) is 0 Å². The van der Waals surface area contributed by atoms with Crippen molar-refractivity contribution in [3.05, 3.63) is 51.7 Å². The number of aromatic nitrogens is 2. The number of anilines is 1. The fourth-order valence-corrected chi connectivity index (χ4v) is 3.52. The lowest BCUT2D eigenvalue weighted by Crippen LogP contribution is -2.26. The number of nitro groups is 1.